The zero-order valence-electron chi connectivity index (χ0n) is 12.8. The molecule has 0 spiro atoms. The molecule has 1 aromatic carbocycles. The molecule has 1 rings (SSSR count). The zero-order chi connectivity index (χ0) is 15.7. The molecule has 0 aliphatic heterocycles. The van der Waals surface area contributed by atoms with E-state index in [1.165, 1.54) is 0 Å². The summed E-state index contributed by atoms with van der Waals surface area (Å²) >= 11 is 0. The maximum atomic E-state index is 11.9. The molecule has 1 amide bonds. The van der Waals surface area contributed by atoms with Gasteiger partial charge in [-0.2, -0.15) is 0 Å². The Balaban J connectivity index is 2.72. The number of carbonyl (C=O) groups excluding carboxylic acids is 2. The highest BCUT2D eigenvalue weighted by Gasteiger charge is 2.16. The van der Waals surface area contributed by atoms with E-state index >= 15 is 0 Å². The number of hydrogen-bond donors (Lipinski definition) is 1. The minimum Gasteiger partial charge on any atom is -0.490 e. The van der Waals surface area contributed by atoms with Crippen molar-refractivity contribution in [2.24, 2.45) is 0 Å². The number of ether oxygens (including phenoxy) is 2. The molecule has 0 saturated carbocycles. The summed E-state index contributed by atoms with van der Waals surface area (Å²) in [6.45, 7) is 6.69. The SMILES string of the molecule is CCCCNC(=O)C(C)Oc1ccc(C=O)cc1OCC. The van der Waals surface area contributed by atoms with Crippen molar-refractivity contribution in [1.82, 2.24) is 5.32 Å². The van der Waals surface area contributed by atoms with Gasteiger partial charge in [0, 0.05) is 12.1 Å². The minimum atomic E-state index is -0.622. The normalized spacial score (nSPS) is 11.6. The number of nitrogens with one attached hydrogen (secondary N) is 1. The number of amides is 1. The molecule has 21 heavy (non-hydrogen) atoms. The molecule has 0 aliphatic rings. The lowest BCUT2D eigenvalue weighted by Gasteiger charge is -2.17. The molecule has 0 fully saturated rings. The van der Waals surface area contributed by atoms with Crippen molar-refractivity contribution in [3.8, 4) is 11.5 Å². The summed E-state index contributed by atoms with van der Waals surface area (Å²) in [5.41, 5.74) is 0.505. The van der Waals surface area contributed by atoms with Crippen molar-refractivity contribution in [2.75, 3.05) is 13.2 Å². The average molecular weight is 293 g/mol. The van der Waals surface area contributed by atoms with Crippen LogP contribution in [0.25, 0.3) is 0 Å². The van der Waals surface area contributed by atoms with E-state index in [2.05, 4.69) is 12.2 Å². The van der Waals surface area contributed by atoms with Crippen LogP contribution in [0, 0.1) is 0 Å². The van der Waals surface area contributed by atoms with Gasteiger partial charge in [0.15, 0.2) is 17.6 Å². The number of unbranched alkanes of at least 4 members (excludes halogenated alkanes) is 1. The van der Waals surface area contributed by atoms with Crippen LogP contribution in [0.15, 0.2) is 18.2 Å². The van der Waals surface area contributed by atoms with Crippen LogP contribution in [0.3, 0.4) is 0 Å². The predicted molar refractivity (Wildman–Crippen MR) is 81.0 cm³/mol. The van der Waals surface area contributed by atoms with E-state index in [0.29, 0.717) is 30.2 Å². The van der Waals surface area contributed by atoms with E-state index in [1.54, 1.807) is 25.1 Å². The van der Waals surface area contributed by atoms with E-state index in [-0.39, 0.29) is 5.91 Å². The fourth-order valence-corrected chi connectivity index (χ4v) is 1.74. The van der Waals surface area contributed by atoms with Gasteiger partial charge in [0.05, 0.1) is 6.61 Å². The Morgan fingerprint density at radius 1 is 1.33 bits per heavy atom. The molecule has 0 heterocycles. The maximum absolute atomic E-state index is 11.9. The van der Waals surface area contributed by atoms with E-state index in [1.807, 2.05) is 6.92 Å². The lowest BCUT2D eigenvalue weighted by Crippen LogP contribution is -2.36. The van der Waals surface area contributed by atoms with Crippen LogP contribution >= 0.6 is 0 Å². The highest BCUT2D eigenvalue weighted by molar-refractivity contribution is 5.81. The summed E-state index contributed by atoms with van der Waals surface area (Å²) < 4.78 is 11.1. The van der Waals surface area contributed by atoms with Crippen LogP contribution in [-0.4, -0.2) is 31.4 Å². The summed E-state index contributed by atoms with van der Waals surface area (Å²) in [5, 5.41) is 2.82. The fourth-order valence-electron chi connectivity index (χ4n) is 1.74. The Bertz CT molecular complexity index is 473. The molecule has 1 unspecified atom stereocenters. The average Bonchev–Trinajstić information content (AvgIpc) is 2.49. The van der Waals surface area contributed by atoms with Gasteiger partial charge in [0.1, 0.15) is 6.29 Å². The number of benzene rings is 1. The van der Waals surface area contributed by atoms with Gasteiger partial charge >= 0.3 is 0 Å². The lowest BCUT2D eigenvalue weighted by atomic mass is 10.2. The smallest absolute Gasteiger partial charge is 0.260 e. The third kappa shape index (κ3) is 5.45. The number of carbonyl (C=O) groups is 2. The second-order valence-electron chi connectivity index (χ2n) is 4.66. The molecule has 1 atom stereocenters. The topological polar surface area (TPSA) is 64.6 Å². The minimum absolute atomic E-state index is 0.162. The third-order valence-electron chi connectivity index (χ3n) is 2.91. The molecule has 0 aliphatic carbocycles. The molecule has 0 saturated heterocycles. The first-order chi connectivity index (χ1) is 10.1. The van der Waals surface area contributed by atoms with Gasteiger partial charge < -0.3 is 14.8 Å². The standard InChI is InChI=1S/C16H23NO4/c1-4-6-9-17-16(19)12(3)21-14-8-7-13(11-18)10-15(14)20-5-2/h7-8,10-12H,4-6,9H2,1-3H3,(H,17,19). The van der Waals surface area contributed by atoms with Crippen molar-refractivity contribution < 1.29 is 19.1 Å². The van der Waals surface area contributed by atoms with Crippen molar-refractivity contribution in [2.45, 2.75) is 39.7 Å². The molecule has 0 bridgehead atoms. The van der Waals surface area contributed by atoms with Crippen LogP contribution in [0.1, 0.15) is 44.0 Å². The van der Waals surface area contributed by atoms with E-state index in [9.17, 15) is 9.59 Å². The van der Waals surface area contributed by atoms with Gasteiger partial charge in [0.2, 0.25) is 0 Å². The molecule has 1 N–H and O–H groups in total. The van der Waals surface area contributed by atoms with Crippen molar-refractivity contribution >= 4 is 12.2 Å². The zero-order valence-corrected chi connectivity index (χ0v) is 12.8. The van der Waals surface area contributed by atoms with Crippen LogP contribution in [0.5, 0.6) is 11.5 Å². The monoisotopic (exact) mass is 293 g/mol. The number of aldehydes is 1. The van der Waals surface area contributed by atoms with Crippen molar-refractivity contribution in [1.29, 1.82) is 0 Å². The van der Waals surface area contributed by atoms with Crippen LogP contribution in [-0.2, 0) is 4.79 Å². The number of hydrogen-bond acceptors (Lipinski definition) is 4. The number of rotatable bonds is 9. The van der Waals surface area contributed by atoms with E-state index < -0.39 is 6.10 Å². The Labute approximate surface area is 125 Å². The molecule has 5 nitrogen and oxygen atoms in total. The largest absolute Gasteiger partial charge is 0.490 e. The van der Waals surface area contributed by atoms with Crippen LogP contribution < -0.4 is 14.8 Å². The Kier molecular flexibility index (Phi) is 7.29. The van der Waals surface area contributed by atoms with Gasteiger partial charge in [-0.05, 0) is 38.5 Å². The third-order valence-corrected chi connectivity index (χ3v) is 2.91. The Morgan fingerprint density at radius 2 is 2.10 bits per heavy atom. The molecule has 5 heteroatoms. The first kappa shape index (κ1) is 17.0. The molecule has 1 aromatic rings. The highest BCUT2D eigenvalue weighted by Crippen LogP contribution is 2.29. The highest BCUT2D eigenvalue weighted by atomic mass is 16.5. The first-order valence-electron chi connectivity index (χ1n) is 7.28. The predicted octanol–water partition coefficient (Wildman–Crippen LogP) is 2.58. The quantitative estimate of drug-likeness (QED) is 0.561. The second-order valence-corrected chi connectivity index (χ2v) is 4.66. The first-order valence-corrected chi connectivity index (χ1v) is 7.28. The summed E-state index contributed by atoms with van der Waals surface area (Å²) in [5.74, 6) is 0.765. The molecular formula is C16H23NO4. The summed E-state index contributed by atoms with van der Waals surface area (Å²) in [4.78, 5) is 22.7. The van der Waals surface area contributed by atoms with Gasteiger partial charge in [-0.25, -0.2) is 0 Å². The maximum Gasteiger partial charge on any atom is 0.260 e. The summed E-state index contributed by atoms with van der Waals surface area (Å²) in [6, 6.07) is 4.88. The van der Waals surface area contributed by atoms with Crippen LogP contribution in [0.2, 0.25) is 0 Å². The molecule has 0 aromatic heterocycles. The van der Waals surface area contributed by atoms with Crippen LogP contribution in [0.4, 0.5) is 0 Å². The van der Waals surface area contributed by atoms with Crippen molar-refractivity contribution in [3.63, 3.8) is 0 Å². The van der Waals surface area contributed by atoms with E-state index in [4.69, 9.17) is 9.47 Å². The second kappa shape index (κ2) is 9.00. The van der Waals surface area contributed by atoms with Gasteiger partial charge in [-0.15, -0.1) is 0 Å². The lowest BCUT2D eigenvalue weighted by molar-refractivity contribution is -0.127. The Morgan fingerprint density at radius 3 is 2.71 bits per heavy atom. The molecule has 116 valence electrons. The van der Waals surface area contributed by atoms with E-state index in [0.717, 1.165) is 19.1 Å². The summed E-state index contributed by atoms with van der Waals surface area (Å²) in [7, 11) is 0. The van der Waals surface area contributed by atoms with Gasteiger partial charge in [0.25, 0.3) is 5.91 Å². The molecular weight excluding hydrogens is 270 g/mol. The van der Waals surface area contributed by atoms with Gasteiger partial charge in [-0.1, -0.05) is 13.3 Å². The molecule has 0 radical (unpaired) electrons. The Hall–Kier alpha value is -2.04. The van der Waals surface area contributed by atoms with Crippen molar-refractivity contribution in [3.05, 3.63) is 23.8 Å². The fraction of sp³-hybridized carbons (Fsp3) is 0.500. The summed E-state index contributed by atoms with van der Waals surface area (Å²) in [6.07, 6.45) is 2.09. The van der Waals surface area contributed by atoms with Gasteiger partial charge in [-0.3, -0.25) is 9.59 Å².